The van der Waals surface area contributed by atoms with Crippen LogP contribution in [0.15, 0.2) is 51.7 Å². The van der Waals surface area contributed by atoms with Gasteiger partial charge in [-0.25, -0.2) is 13.2 Å². The molecule has 27 heavy (non-hydrogen) atoms. The highest BCUT2D eigenvalue weighted by Crippen LogP contribution is 2.23. The normalized spacial score (nSPS) is 12.4. The van der Waals surface area contributed by atoms with Crippen molar-refractivity contribution in [1.29, 1.82) is 0 Å². The van der Waals surface area contributed by atoms with Gasteiger partial charge in [-0.05, 0) is 41.2 Å². The van der Waals surface area contributed by atoms with Gasteiger partial charge >= 0.3 is 5.76 Å². The third-order valence-corrected chi connectivity index (χ3v) is 5.83. The van der Waals surface area contributed by atoms with Crippen molar-refractivity contribution in [1.82, 2.24) is 4.57 Å². The summed E-state index contributed by atoms with van der Waals surface area (Å²) in [5.74, 6) is -0.506. The lowest BCUT2D eigenvalue weighted by Gasteiger charge is -2.19. The van der Waals surface area contributed by atoms with Gasteiger partial charge in [-0.15, -0.1) is 0 Å². The van der Waals surface area contributed by atoms with E-state index in [1.54, 1.807) is 25.2 Å². The first-order valence-corrected chi connectivity index (χ1v) is 10.4. The van der Waals surface area contributed by atoms with Gasteiger partial charge in [0.2, 0.25) is 10.0 Å². The second kappa shape index (κ2) is 6.88. The minimum absolute atomic E-state index is 0.0236. The summed E-state index contributed by atoms with van der Waals surface area (Å²) in [6.45, 7) is 6.43. The van der Waals surface area contributed by atoms with E-state index >= 15 is 0 Å². The average molecular weight is 388 g/mol. The molecule has 1 aromatic heterocycles. The topological polar surface area (TPSA) is 81.3 Å². The molecular formula is C20H24N2O4S. The molecule has 0 fully saturated rings. The standard InChI is InChI=1S/C20H24N2O4S/c1-20(2,3)15-7-5-14(6-8-15)11-12-27(24,25)21-16-9-10-18-17(13-16)22(4)19(23)26-18/h5-10,13,21H,11-12H2,1-4H3. The molecular weight excluding hydrogens is 364 g/mol. The van der Waals surface area contributed by atoms with Crippen LogP contribution in [-0.4, -0.2) is 18.7 Å². The minimum atomic E-state index is -3.51. The van der Waals surface area contributed by atoms with Gasteiger partial charge in [-0.1, -0.05) is 45.0 Å². The molecule has 0 aliphatic heterocycles. The quantitative estimate of drug-likeness (QED) is 0.726. The van der Waals surface area contributed by atoms with E-state index in [1.165, 1.54) is 10.1 Å². The zero-order chi connectivity index (χ0) is 19.8. The first-order chi connectivity index (χ1) is 12.5. The molecule has 0 atom stereocenters. The second-order valence-corrected chi connectivity index (χ2v) is 9.57. The fraction of sp³-hybridized carbons (Fsp3) is 0.350. The predicted octanol–water partition coefficient (Wildman–Crippen LogP) is 3.41. The Kier molecular flexibility index (Phi) is 4.90. The maximum Gasteiger partial charge on any atom is 0.419 e. The Morgan fingerprint density at radius 1 is 1.07 bits per heavy atom. The highest BCUT2D eigenvalue weighted by Gasteiger charge is 2.15. The smallest absolute Gasteiger partial charge is 0.408 e. The third-order valence-electron chi connectivity index (χ3n) is 4.54. The van der Waals surface area contributed by atoms with Crippen molar-refractivity contribution < 1.29 is 12.8 Å². The number of oxazole rings is 1. The number of hydrogen-bond acceptors (Lipinski definition) is 4. The molecule has 1 heterocycles. The summed E-state index contributed by atoms with van der Waals surface area (Å²) in [7, 11) is -1.94. The molecule has 6 nitrogen and oxygen atoms in total. The van der Waals surface area contributed by atoms with Crippen molar-refractivity contribution in [2.75, 3.05) is 10.5 Å². The number of nitrogens with one attached hydrogen (secondary N) is 1. The second-order valence-electron chi connectivity index (χ2n) is 7.73. The van der Waals surface area contributed by atoms with E-state index in [0.717, 1.165) is 5.56 Å². The van der Waals surface area contributed by atoms with Gasteiger partial charge < -0.3 is 4.42 Å². The Hall–Kier alpha value is -2.54. The molecule has 0 unspecified atom stereocenters. The summed E-state index contributed by atoms with van der Waals surface area (Å²) in [6.07, 6.45) is 0.423. The Morgan fingerprint density at radius 3 is 2.37 bits per heavy atom. The van der Waals surface area contributed by atoms with Crippen LogP contribution >= 0.6 is 0 Å². The first kappa shape index (κ1) is 19.2. The fourth-order valence-electron chi connectivity index (χ4n) is 2.84. The van der Waals surface area contributed by atoms with Gasteiger partial charge in [0.05, 0.1) is 17.0 Å². The van der Waals surface area contributed by atoms with E-state index in [4.69, 9.17) is 4.42 Å². The van der Waals surface area contributed by atoms with E-state index in [1.807, 2.05) is 24.3 Å². The number of anilines is 1. The predicted molar refractivity (Wildman–Crippen MR) is 108 cm³/mol. The maximum atomic E-state index is 12.4. The lowest BCUT2D eigenvalue weighted by Crippen LogP contribution is -2.18. The van der Waals surface area contributed by atoms with Crippen LogP contribution in [-0.2, 0) is 28.9 Å². The molecule has 0 saturated heterocycles. The Labute approximate surface area is 158 Å². The zero-order valence-corrected chi connectivity index (χ0v) is 16.8. The molecule has 0 amide bonds. The van der Waals surface area contributed by atoms with Crippen LogP contribution in [0.3, 0.4) is 0 Å². The van der Waals surface area contributed by atoms with Crippen LogP contribution in [0.4, 0.5) is 5.69 Å². The lowest BCUT2D eigenvalue weighted by atomic mass is 9.86. The van der Waals surface area contributed by atoms with Crippen molar-refractivity contribution in [2.45, 2.75) is 32.6 Å². The van der Waals surface area contributed by atoms with Gasteiger partial charge in [0.1, 0.15) is 0 Å². The van der Waals surface area contributed by atoms with E-state index < -0.39 is 15.8 Å². The van der Waals surface area contributed by atoms with Gasteiger partial charge in [0.15, 0.2) is 5.58 Å². The van der Waals surface area contributed by atoms with E-state index in [-0.39, 0.29) is 11.2 Å². The van der Waals surface area contributed by atoms with Crippen LogP contribution in [0.25, 0.3) is 11.1 Å². The van der Waals surface area contributed by atoms with Crippen molar-refractivity contribution in [3.05, 3.63) is 64.1 Å². The number of aryl methyl sites for hydroxylation is 2. The summed E-state index contributed by atoms with van der Waals surface area (Å²) in [6, 6.07) is 12.8. The molecule has 7 heteroatoms. The molecule has 144 valence electrons. The molecule has 1 N–H and O–H groups in total. The molecule has 0 spiro atoms. The van der Waals surface area contributed by atoms with Crippen LogP contribution in [0.1, 0.15) is 31.9 Å². The van der Waals surface area contributed by atoms with Crippen molar-refractivity contribution in [3.63, 3.8) is 0 Å². The van der Waals surface area contributed by atoms with Gasteiger partial charge in [0.25, 0.3) is 0 Å². The SMILES string of the molecule is Cn1c(=O)oc2ccc(NS(=O)(=O)CCc3ccc(C(C)(C)C)cc3)cc21. The number of fused-ring (bicyclic) bond motifs is 1. The van der Waals surface area contributed by atoms with Crippen LogP contribution in [0.5, 0.6) is 0 Å². The molecule has 0 bridgehead atoms. The minimum Gasteiger partial charge on any atom is -0.408 e. The summed E-state index contributed by atoms with van der Waals surface area (Å²) < 4.78 is 33.8. The molecule has 0 aliphatic rings. The number of aromatic nitrogens is 1. The Balaban J connectivity index is 1.70. The molecule has 0 saturated carbocycles. The molecule has 3 rings (SSSR count). The summed E-state index contributed by atoms with van der Waals surface area (Å²) in [5.41, 5.74) is 3.62. The summed E-state index contributed by atoms with van der Waals surface area (Å²) >= 11 is 0. The Morgan fingerprint density at radius 2 is 1.74 bits per heavy atom. The molecule has 2 aromatic carbocycles. The molecule has 0 radical (unpaired) electrons. The molecule has 0 aliphatic carbocycles. The van der Waals surface area contributed by atoms with Crippen molar-refractivity contribution >= 4 is 26.8 Å². The third kappa shape index (κ3) is 4.42. The largest absolute Gasteiger partial charge is 0.419 e. The van der Waals surface area contributed by atoms with E-state index in [2.05, 4.69) is 25.5 Å². The number of sulfonamides is 1. The van der Waals surface area contributed by atoms with Crippen LogP contribution < -0.4 is 10.5 Å². The van der Waals surface area contributed by atoms with E-state index in [9.17, 15) is 13.2 Å². The lowest BCUT2D eigenvalue weighted by molar-refractivity contribution is 0.528. The van der Waals surface area contributed by atoms with Crippen molar-refractivity contribution in [2.24, 2.45) is 7.05 Å². The average Bonchev–Trinajstić information content (AvgIpc) is 2.87. The van der Waals surface area contributed by atoms with Gasteiger partial charge in [-0.3, -0.25) is 9.29 Å². The fourth-order valence-corrected chi connectivity index (χ4v) is 3.94. The number of hydrogen-bond donors (Lipinski definition) is 1. The first-order valence-electron chi connectivity index (χ1n) is 8.75. The van der Waals surface area contributed by atoms with Gasteiger partial charge in [0, 0.05) is 7.05 Å². The van der Waals surface area contributed by atoms with Crippen LogP contribution in [0.2, 0.25) is 0 Å². The van der Waals surface area contributed by atoms with Gasteiger partial charge in [-0.2, -0.15) is 0 Å². The summed E-state index contributed by atoms with van der Waals surface area (Å²) in [5, 5.41) is 0. The number of nitrogens with zero attached hydrogens (tertiary/aromatic N) is 1. The zero-order valence-electron chi connectivity index (χ0n) is 15.9. The maximum absolute atomic E-state index is 12.4. The number of benzene rings is 2. The Bertz CT molecular complexity index is 1120. The highest BCUT2D eigenvalue weighted by atomic mass is 32.2. The van der Waals surface area contributed by atoms with Crippen molar-refractivity contribution in [3.8, 4) is 0 Å². The monoisotopic (exact) mass is 388 g/mol. The highest BCUT2D eigenvalue weighted by molar-refractivity contribution is 7.92. The van der Waals surface area contributed by atoms with E-state index in [0.29, 0.717) is 23.2 Å². The number of rotatable bonds is 5. The molecule has 3 aromatic rings. The van der Waals surface area contributed by atoms with Crippen LogP contribution in [0, 0.1) is 0 Å². The summed E-state index contributed by atoms with van der Waals surface area (Å²) in [4.78, 5) is 11.5.